The van der Waals surface area contributed by atoms with Crippen LogP contribution in [-0.2, 0) is 19.1 Å². The van der Waals surface area contributed by atoms with E-state index in [1.165, 1.54) is 28.4 Å². The molecule has 49 heavy (non-hydrogen) atoms. The fraction of sp³-hybridized carbons (Fsp3) is 0.371. The van der Waals surface area contributed by atoms with Gasteiger partial charge in [-0.05, 0) is 36.1 Å². The molecule has 0 radical (unpaired) electrons. The van der Waals surface area contributed by atoms with Crippen molar-refractivity contribution in [1.29, 1.82) is 0 Å². The Morgan fingerprint density at radius 3 is 1.49 bits per heavy atom. The molecule has 4 heterocycles. The minimum absolute atomic E-state index is 0.114. The average molecular weight is 673 g/mol. The molecule has 0 spiro atoms. The van der Waals surface area contributed by atoms with Gasteiger partial charge in [0.05, 0.1) is 89.1 Å². The van der Waals surface area contributed by atoms with Crippen molar-refractivity contribution in [3.8, 4) is 23.0 Å². The normalized spacial score (nSPS) is 18.7. The molecule has 0 unspecified atom stereocenters. The SMILES string of the molecule is COC(=O)CC1=CN2C(=O)c3cc(OC)c(OCCCOc4cc5c(cc4OC)C(=O)N4C=C(CC(=O)OC)C[C@H]4C=N5)cc3N=C[C@@H]2C1. The van der Waals surface area contributed by atoms with Crippen molar-refractivity contribution < 1.29 is 47.6 Å². The summed E-state index contributed by atoms with van der Waals surface area (Å²) in [6, 6.07) is 5.96. The highest BCUT2D eigenvalue weighted by molar-refractivity contribution is 6.05. The van der Waals surface area contributed by atoms with Crippen molar-refractivity contribution in [2.24, 2.45) is 9.98 Å². The molecular weight excluding hydrogens is 636 g/mol. The van der Waals surface area contributed by atoms with Gasteiger partial charge in [0.2, 0.25) is 0 Å². The number of methoxy groups -OCH3 is 4. The smallest absolute Gasteiger partial charge is 0.309 e. The Balaban J connectivity index is 1.08. The maximum atomic E-state index is 13.4. The highest BCUT2D eigenvalue weighted by Gasteiger charge is 2.35. The zero-order valence-corrected chi connectivity index (χ0v) is 27.6. The molecule has 4 aliphatic heterocycles. The van der Waals surface area contributed by atoms with Crippen molar-refractivity contribution in [3.63, 3.8) is 0 Å². The van der Waals surface area contributed by atoms with Gasteiger partial charge < -0.3 is 38.2 Å². The summed E-state index contributed by atoms with van der Waals surface area (Å²) in [5.41, 5.74) is 3.21. The molecule has 2 atom stereocenters. The molecule has 0 saturated heterocycles. The Kier molecular flexibility index (Phi) is 9.65. The Morgan fingerprint density at radius 1 is 0.673 bits per heavy atom. The molecule has 0 N–H and O–H groups in total. The van der Waals surface area contributed by atoms with Crippen molar-refractivity contribution in [1.82, 2.24) is 9.80 Å². The number of hydrogen-bond acceptors (Lipinski definition) is 12. The van der Waals surface area contributed by atoms with Gasteiger partial charge in [-0.3, -0.25) is 29.2 Å². The van der Waals surface area contributed by atoms with Crippen LogP contribution in [0.5, 0.6) is 23.0 Å². The largest absolute Gasteiger partial charge is 0.493 e. The fourth-order valence-corrected chi connectivity index (χ4v) is 6.08. The number of fused-ring (bicyclic) bond motifs is 4. The van der Waals surface area contributed by atoms with E-state index in [-0.39, 0.29) is 61.9 Å². The highest BCUT2D eigenvalue weighted by atomic mass is 16.5. The summed E-state index contributed by atoms with van der Waals surface area (Å²) in [5, 5.41) is 0. The van der Waals surface area contributed by atoms with E-state index >= 15 is 0 Å². The average Bonchev–Trinajstić information content (AvgIpc) is 3.65. The number of carbonyl (C=O) groups excluding carboxylic acids is 4. The third kappa shape index (κ3) is 6.84. The second-order valence-corrected chi connectivity index (χ2v) is 11.7. The summed E-state index contributed by atoms with van der Waals surface area (Å²) in [5.74, 6) is 0.373. The molecule has 14 heteroatoms. The number of amides is 2. The minimum atomic E-state index is -0.363. The maximum Gasteiger partial charge on any atom is 0.309 e. The van der Waals surface area contributed by atoms with Gasteiger partial charge in [-0.2, -0.15) is 0 Å². The third-order valence-electron chi connectivity index (χ3n) is 8.57. The summed E-state index contributed by atoms with van der Waals surface area (Å²) in [6.45, 7) is 0.532. The summed E-state index contributed by atoms with van der Waals surface area (Å²) in [4.78, 5) is 62.6. The van der Waals surface area contributed by atoms with Crippen LogP contribution in [0.1, 0.15) is 52.8 Å². The van der Waals surface area contributed by atoms with Gasteiger partial charge in [-0.15, -0.1) is 0 Å². The zero-order chi connectivity index (χ0) is 34.7. The van der Waals surface area contributed by atoms with Crippen LogP contribution in [0.4, 0.5) is 11.4 Å². The van der Waals surface area contributed by atoms with Crippen LogP contribution in [0.2, 0.25) is 0 Å². The molecule has 2 aromatic rings. The Hall–Kier alpha value is -5.66. The lowest BCUT2D eigenvalue weighted by atomic mass is 10.1. The molecule has 14 nitrogen and oxygen atoms in total. The van der Waals surface area contributed by atoms with Gasteiger partial charge in [0.1, 0.15) is 0 Å². The number of carbonyl (C=O) groups is 4. The summed E-state index contributed by atoms with van der Waals surface area (Å²) in [6.07, 6.45) is 8.47. The second-order valence-electron chi connectivity index (χ2n) is 11.7. The van der Waals surface area contributed by atoms with Gasteiger partial charge >= 0.3 is 11.9 Å². The van der Waals surface area contributed by atoms with E-state index in [4.69, 9.17) is 28.4 Å². The summed E-state index contributed by atoms with van der Waals surface area (Å²) >= 11 is 0. The van der Waals surface area contributed by atoms with Crippen LogP contribution in [0.15, 0.2) is 57.8 Å². The highest BCUT2D eigenvalue weighted by Crippen LogP contribution is 2.40. The van der Waals surface area contributed by atoms with Crippen LogP contribution in [0.3, 0.4) is 0 Å². The van der Waals surface area contributed by atoms with Gasteiger partial charge in [0, 0.05) is 43.4 Å². The van der Waals surface area contributed by atoms with Gasteiger partial charge in [0.15, 0.2) is 23.0 Å². The predicted molar refractivity (Wildman–Crippen MR) is 176 cm³/mol. The molecule has 4 aliphatic rings. The topological polar surface area (TPSA) is 155 Å². The standard InChI is InChI=1S/C35H36N4O10/c1-44-28-12-24-26(36-16-22-8-20(10-32(40)46-3)18-38(22)34(24)42)14-30(28)48-6-5-7-49-31-15-27-25(13-29(31)45-2)35(43)39-19-21(11-33(41)47-4)9-23(39)17-37-27/h12-19,22-23H,5-11H2,1-4H3/t22-,23-/m0/s1. The Bertz CT molecular complexity index is 1680. The summed E-state index contributed by atoms with van der Waals surface area (Å²) < 4.78 is 32.7. The zero-order valence-electron chi connectivity index (χ0n) is 27.6. The van der Waals surface area contributed by atoms with Crippen molar-refractivity contribution >= 4 is 47.6 Å². The molecule has 0 saturated carbocycles. The van der Waals surface area contributed by atoms with E-state index in [0.29, 0.717) is 64.8 Å². The van der Waals surface area contributed by atoms with Crippen molar-refractivity contribution in [3.05, 3.63) is 58.9 Å². The Labute approximate surface area is 282 Å². The second kappa shape index (κ2) is 14.2. The van der Waals surface area contributed by atoms with Crippen LogP contribution in [-0.4, -0.2) is 99.7 Å². The lowest BCUT2D eigenvalue weighted by Gasteiger charge is -2.19. The van der Waals surface area contributed by atoms with E-state index in [1.54, 1.807) is 58.9 Å². The lowest BCUT2D eigenvalue weighted by molar-refractivity contribution is -0.140. The molecule has 0 aliphatic carbocycles. The molecule has 2 aromatic carbocycles. The number of ether oxygens (including phenoxy) is 6. The number of nitrogens with zero attached hydrogens (tertiary/aromatic N) is 4. The lowest BCUT2D eigenvalue weighted by Crippen LogP contribution is -2.32. The molecule has 2 amide bonds. The van der Waals surface area contributed by atoms with E-state index in [1.807, 2.05) is 0 Å². The van der Waals surface area contributed by atoms with E-state index in [2.05, 4.69) is 9.98 Å². The fourth-order valence-electron chi connectivity index (χ4n) is 6.08. The van der Waals surface area contributed by atoms with E-state index < -0.39 is 0 Å². The number of aliphatic imine (C=N–C) groups is 2. The molecular formula is C35H36N4O10. The van der Waals surface area contributed by atoms with Crippen molar-refractivity contribution in [2.45, 2.75) is 44.2 Å². The maximum absolute atomic E-state index is 13.4. The van der Waals surface area contributed by atoms with Crippen LogP contribution < -0.4 is 18.9 Å². The molecule has 6 rings (SSSR count). The van der Waals surface area contributed by atoms with Crippen LogP contribution in [0.25, 0.3) is 0 Å². The monoisotopic (exact) mass is 672 g/mol. The third-order valence-corrected chi connectivity index (χ3v) is 8.57. The van der Waals surface area contributed by atoms with E-state index in [9.17, 15) is 19.2 Å². The quantitative estimate of drug-likeness (QED) is 0.235. The van der Waals surface area contributed by atoms with Crippen molar-refractivity contribution in [2.75, 3.05) is 41.7 Å². The predicted octanol–water partition coefficient (Wildman–Crippen LogP) is 4.31. The number of benzene rings is 2. The molecule has 0 fully saturated rings. The van der Waals surface area contributed by atoms with Gasteiger partial charge in [-0.1, -0.05) is 0 Å². The first-order valence-electron chi connectivity index (χ1n) is 15.7. The van der Waals surface area contributed by atoms with E-state index in [0.717, 1.165) is 11.1 Å². The Morgan fingerprint density at radius 2 is 1.10 bits per heavy atom. The molecule has 256 valence electrons. The van der Waals surface area contributed by atoms with Crippen LogP contribution in [0, 0.1) is 0 Å². The minimum Gasteiger partial charge on any atom is -0.493 e. The first-order valence-corrected chi connectivity index (χ1v) is 15.7. The summed E-state index contributed by atoms with van der Waals surface area (Å²) in [7, 11) is 5.65. The number of rotatable bonds is 12. The van der Waals surface area contributed by atoms with Crippen LogP contribution >= 0.6 is 0 Å². The number of hydrogen-bond donors (Lipinski definition) is 0. The van der Waals surface area contributed by atoms with Gasteiger partial charge in [-0.25, -0.2) is 0 Å². The molecule has 0 aromatic heterocycles. The first kappa shape index (κ1) is 33.2. The first-order chi connectivity index (χ1) is 23.7. The van der Waals surface area contributed by atoms with Gasteiger partial charge in [0.25, 0.3) is 11.8 Å². The number of esters is 2. The molecule has 0 bridgehead atoms.